The van der Waals surface area contributed by atoms with Crippen LogP contribution in [0, 0.1) is 17.5 Å². The number of unbranched alkanes of at least 4 members (excludes halogenated alkanes) is 2. The van der Waals surface area contributed by atoms with Gasteiger partial charge in [0.1, 0.15) is 5.75 Å². The summed E-state index contributed by atoms with van der Waals surface area (Å²) in [5.74, 6) is -5.76. The molecule has 0 heterocycles. The number of benzene rings is 3. The fraction of sp³-hybridized carbons (Fsp3) is 0.250. The highest BCUT2D eigenvalue weighted by atomic mass is 19.3. The zero-order chi connectivity index (χ0) is 21.7. The van der Waals surface area contributed by atoms with Gasteiger partial charge in [0.25, 0.3) is 0 Å². The van der Waals surface area contributed by atoms with Gasteiger partial charge in [-0.1, -0.05) is 56.2 Å². The van der Waals surface area contributed by atoms with E-state index in [1.54, 1.807) is 0 Å². The van der Waals surface area contributed by atoms with Crippen molar-refractivity contribution in [1.82, 2.24) is 0 Å². The zero-order valence-electron chi connectivity index (χ0n) is 16.4. The molecule has 0 aliphatic heterocycles. The quantitative estimate of drug-likeness (QED) is 0.207. The van der Waals surface area contributed by atoms with Gasteiger partial charge in [0.2, 0.25) is 0 Å². The molecule has 0 saturated carbocycles. The fourth-order valence-electron chi connectivity index (χ4n) is 3.10. The van der Waals surface area contributed by atoms with Crippen LogP contribution in [0.4, 0.5) is 22.0 Å². The Kier molecular flexibility index (Phi) is 6.75. The standard InChI is InChI=1S/C24H21F5O/c1-2-3-4-5-16-6-8-17(9-7-16)18-10-12-19(13-11-18)24(28,29)30-20-14-21(25)23(27)22(26)15-20/h6-15H,2-5H2,1H3. The van der Waals surface area contributed by atoms with E-state index in [1.807, 2.05) is 24.3 Å². The lowest BCUT2D eigenvalue weighted by Gasteiger charge is -2.19. The highest BCUT2D eigenvalue weighted by Crippen LogP contribution is 2.34. The van der Waals surface area contributed by atoms with Gasteiger partial charge in [-0.15, -0.1) is 0 Å². The van der Waals surface area contributed by atoms with Gasteiger partial charge in [-0.3, -0.25) is 0 Å². The highest BCUT2D eigenvalue weighted by molar-refractivity contribution is 5.64. The molecule has 3 aromatic rings. The summed E-state index contributed by atoms with van der Waals surface area (Å²) in [6.07, 6.45) is 0.613. The van der Waals surface area contributed by atoms with E-state index in [1.165, 1.54) is 36.2 Å². The van der Waals surface area contributed by atoms with Crippen LogP contribution in [0.15, 0.2) is 60.7 Å². The number of alkyl halides is 2. The van der Waals surface area contributed by atoms with Gasteiger partial charge < -0.3 is 4.74 Å². The Bertz CT molecular complexity index is 958. The smallest absolute Gasteiger partial charge is 0.426 e. The highest BCUT2D eigenvalue weighted by Gasteiger charge is 2.35. The van der Waals surface area contributed by atoms with Crippen molar-refractivity contribution in [3.05, 3.63) is 89.2 Å². The lowest BCUT2D eigenvalue weighted by atomic mass is 10.0. The van der Waals surface area contributed by atoms with Gasteiger partial charge in [0, 0.05) is 12.1 Å². The van der Waals surface area contributed by atoms with Crippen molar-refractivity contribution in [3.8, 4) is 16.9 Å². The number of halogens is 5. The minimum absolute atomic E-state index is 0.378. The molecule has 0 unspecified atom stereocenters. The third-order valence-electron chi connectivity index (χ3n) is 4.78. The molecule has 0 N–H and O–H groups in total. The molecule has 3 rings (SSSR count). The first kappa shape index (κ1) is 21.8. The number of hydrogen-bond acceptors (Lipinski definition) is 1. The Labute approximate surface area is 172 Å². The molecule has 0 amide bonds. The largest absolute Gasteiger partial charge is 0.429 e. The van der Waals surface area contributed by atoms with Crippen LogP contribution in [-0.4, -0.2) is 0 Å². The lowest BCUT2D eigenvalue weighted by Crippen LogP contribution is -2.22. The second-order valence-corrected chi connectivity index (χ2v) is 7.05. The monoisotopic (exact) mass is 420 g/mol. The SMILES string of the molecule is CCCCCc1ccc(-c2ccc(C(F)(F)Oc3cc(F)c(F)c(F)c3)cc2)cc1. The molecule has 1 nitrogen and oxygen atoms in total. The minimum Gasteiger partial charge on any atom is -0.429 e. The molecular formula is C24H21F5O. The van der Waals surface area contributed by atoms with Crippen LogP contribution >= 0.6 is 0 Å². The normalized spacial score (nSPS) is 11.5. The molecule has 0 aromatic heterocycles. The molecule has 0 spiro atoms. The van der Waals surface area contributed by atoms with Crippen LogP contribution < -0.4 is 4.74 Å². The number of aryl methyl sites for hydroxylation is 1. The number of hydrogen-bond donors (Lipinski definition) is 0. The predicted molar refractivity (Wildman–Crippen MR) is 106 cm³/mol. The van der Waals surface area contributed by atoms with E-state index in [4.69, 9.17) is 0 Å². The summed E-state index contributed by atoms with van der Waals surface area (Å²) in [5, 5.41) is 0. The van der Waals surface area contributed by atoms with Crippen LogP contribution in [-0.2, 0) is 12.5 Å². The maximum atomic E-state index is 14.4. The second-order valence-electron chi connectivity index (χ2n) is 7.05. The number of ether oxygens (including phenoxy) is 1. The summed E-state index contributed by atoms with van der Waals surface area (Å²) in [6, 6.07) is 14.1. The topological polar surface area (TPSA) is 9.23 Å². The molecule has 0 saturated heterocycles. The van der Waals surface area contributed by atoms with Crippen molar-refractivity contribution in [2.24, 2.45) is 0 Å². The summed E-state index contributed by atoms with van der Waals surface area (Å²) < 4.78 is 72.6. The Hall–Kier alpha value is -2.89. The first-order chi connectivity index (χ1) is 14.3. The van der Waals surface area contributed by atoms with Gasteiger partial charge in [0.15, 0.2) is 17.5 Å². The van der Waals surface area contributed by atoms with Gasteiger partial charge in [0.05, 0.1) is 5.56 Å². The van der Waals surface area contributed by atoms with E-state index in [-0.39, 0.29) is 0 Å². The summed E-state index contributed by atoms with van der Waals surface area (Å²) in [6.45, 7) is 2.15. The second kappa shape index (κ2) is 9.28. The van der Waals surface area contributed by atoms with E-state index in [2.05, 4.69) is 11.7 Å². The molecule has 30 heavy (non-hydrogen) atoms. The van der Waals surface area contributed by atoms with Crippen molar-refractivity contribution in [3.63, 3.8) is 0 Å². The number of rotatable bonds is 8. The average Bonchev–Trinajstić information content (AvgIpc) is 2.72. The first-order valence-electron chi connectivity index (χ1n) is 9.71. The van der Waals surface area contributed by atoms with E-state index in [0.717, 1.165) is 30.4 Å². The molecule has 0 aliphatic carbocycles. The van der Waals surface area contributed by atoms with Crippen molar-refractivity contribution >= 4 is 0 Å². The molecule has 0 radical (unpaired) electrons. The van der Waals surface area contributed by atoms with E-state index >= 15 is 0 Å². The molecule has 158 valence electrons. The van der Waals surface area contributed by atoms with Crippen molar-refractivity contribution < 1.29 is 26.7 Å². The summed E-state index contributed by atoms with van der Waals surface area (Å²) in [7, 11) is 0. The van der Waals surface area contributed by atoms with Crippen molar-refractivity contribution in [1.29, 1.82) is 0 Å². The minimum atomic E-state index is -3.85. The Balaban J connectivity index is 1.72. The summed E-state index contributed by atoms with van der Waals surface area (Å²) in [5.41, 5.74) is 2.36. The van der Waals surface area contributed by atoms with Gasteiger partial charge >= 0.3 is 6.11 Å². The van der Waals surface area contributed by atoms with Gasteiger partial charge in [-0.2, -0.15) is 8.78 Å². The summed E-state index contributed by atoms with van der Waals surface area (Å²) in [4.78, 5) is 0. The third kappa shape index (κ3) is 5.17. The fourth-order valence-corrected chi connectivity index (χ4v) is 3.10. The molecule has 0 aliphatic rings. The van der Waals surface area contributed by atoms with E-state index < -0.39 is 34.9 Å². The van der Waals surface area contributed by atoms with Crippen molar-refractivity contribution in [2.45, 2.75) is 38.7 Å². The Morgan fingerprint density at radius 1 is 0.767 bits per heavy atom. The molecular weight excluding hydrogens is 399 g/mol. The van der Waals surface area contributed by atoms with Crippen LogP contribution in [0.1, 0.15) is 37.3 Å². The van der Waals surface area contributed by atoms with Crippen LogP contribution in [0.5, 0.6) is 5.75 Å². The van der Waals surface area contributed by atoms with E-state index in [0.29, 0.717) is 12.1 Å². The third-order valence-corrected chi connectivity index (χ3v) is 4.78. The average molecular weight is 420 g/mol. The Morgan fingerprint density at radius 3 is 1.83 bits per heavy atom. The van der Waals surface area contributed by atoms with Crippen molar-refractivity contribution in [2.75, 3.05) is 0 Å². The zero-order valence-corrected chi connectivity index (χ0v) is 16.4. The molecule has 0 bridgehead atoms. The Morgan fingerprint density at radius 2 is 1.30 bits per heavy atom. The van der Waals surface area contributed by atoms with Crippen LogP contribution in [0.2, 0.25) is 0 Å². The van der Waals surface area contributed by atoms with Crippen LogP contribution in [0.3, 0.4) is 0 Å². The van der Waals surface area contributed by atoms with E-state index in [9.17, 15) is 22.0 Å². The maximum absolute atomic E-state index is 14.4. The lowest BCUT2D eigenvalue weighted by molar-refractivity contribution is -0.185. The maximum Gasteiger partial charge on any atom is 0.426 e. The molecule has 3 aromatic carbocycles. The van der Waals surface area contributed by atoms with Crippen LogP contribution in [0.25, 0.3) is 11.1 Å². The molecule has 6 heteroatoms. The van der Waals surface area contributed by atoms with Gasteiger partial charge in [-0.25, -0.2) is 13.2 Å². The summed E-state index contributed by atoms with van der Waals surface area (Å²) >= 11 is 0. The molecule has 0 fully saturated rings. The van der Waals surface area contributed by atoms with Gasteiger partial charge in [-0.05, 0) is 41.7 Å². The first-order valence-corrected chi connectivity index (χ1v) is 9.71. The predicted octanol–water partition coefficient (Wildman–Crippen LogP) is 7.63. The molecule has 0 atom stereocenters.